The molecule has 0 saturated carbocycles. The van der Waals surface area contributed by atoms with Crippen molar-refractivity contribution >= 4 is 161 Å². The molecule has 0 N–H and O–H groups in total. The quantitative estimate of drug-likeness (QED) is 0.164. The first-order valence-corrected chi connectivity index (χ1v) is 14.1. The van der Waals surface area contributed by atoms with Crippen LogP contribution in [0.3, 0.4) is 0 Å². The van der Waals surface area contributed by atoms with Crippen molar-refractivity contribution in [1.29, 1.82) is 0 Å². The van der Waals surface area contributed by atoms with Crippen molar-refractivity contribution in [3.05, 3.63) is 59.0 Å². The number of anilines is 1. The number of carbonyl (C=O) groups is 1. The molecule has 0 aliphatic carbocycles. The zero-order valence-electron chi connectivity index (χ0n) is 13.5. The summed E-state index contributed by atoms with van der Waals surface area (Å²) in [6.07, 6.45) is 0. The van der Waals surface area contributed by atoms with E-state index in [0.717, 1.165) is 59.0 Å². The van der Waals surface area contributed by atoms with Crippen LogP contribution in [0, 0.1) is 0 Å². The topological polar surface area (TPSA) is 32.7 Å². The van der Waals surface area contributed by atoms with Crippen LogP contribution >= 0.6 is 127 Å². The molecule has 29 heavy (non-hydrogen) atoms. The average molecular weight is 901 g/mol. The maximum absolute atomic E-state index is 13.6. The van der Waals surface area contributed by atoms with E-state index in [1.807, 2.05) is 12.1 Å². The summed E-state index contributed by atoms with van der Waals surface area (Å²) in [4.78, 5) is 20.2. The van der Waals surface area contributed by atoms with Crippen molar-refractivity contribution in [3.63, 3.8) is 0 Å². The number of nitrogens with zero attached hydrogens (tertiary/aromatic N) is 2. The third-order valence-corrected chi connectivity index (χ3v) is 13.5. The number of amidine groups is 1. The highest BCUT2D eigenvalue weighted by Crippen LogP contribution is 2.54. The second-order valence-electron chi connectivity index (χ2n) is 6.21. The number of rotatable bonds is 0. The summed E-state index contributed by atoms with van der Waals surface area (Å²) in [6, 6.07) is 3.90. The van der Waals surface area contributed by atoms with Crippen LogP contribution in [0.1, 0.15) is 15.9 Å². The molecule has 0 saturated heterocycles. The summed E-state index contributed by atoms with van der Waals surface area (Å²) < 4.78 is 6.53. The molecular weight excluding hydrogens is 899 g/mol. The number of hydrogen-bond donors (Lipinski definition) is 0. The largest absolute Gasteiger partial charge is 0.268 e. The second-order valence-corrected chi connectivity index (χ2v) is 12.7. The van der Waals surface area contributed by atoms with E-state index in [2.05, 4.69) is 127 Å². The highest BCUT2D eigenvalue weighted by molar-refractivity contribution is 9.15. The van der Waals surface area contributed by atoms with Gasteiger partial charge in [-0.25, -0.2) is 4.99 Å². The maximum Gasteiger partial charge on any atom is 0.266 e. The van der Waals surface area contributed by atoms with Gasteiger partial charge in [0.05, 0.1) is 16.9 Å². The first kappa shape index (κ1) is 21.7. The number of fused-ring (bicyclic) bond motifs is 4. The van der Waals surface area contributed by atoms with Gasteiger partial charge >= 0.3 is 0 Å². The van der Waals surface area contributed by atoms with Crippen LogP contribution in [-0.4, -0.2) is 11.7 Å². The van der Waals surface area contributed by atoms with E-state index in [4.69, 9.17) is 4.99 Å². The van der Waals surface area contributed by atoms with E-state index in [1.54, 1.807) is 4.90 Å². The van der Waals surface area contributed by atoms with E-state index >= 15 is 0 Å². The fourth-order valence-electron chi connectivity index (χ4n) is 3.52. The van der Waals surface area contributed by atoms with Crippen molar-refractivity contribution in [2.24, 2.45) is 4.99 Å². The Bertz CT molecular complexity index is 1360. The Morgan fingerprint density at radius 3 is 1.83 bits per heavy atom. The van der Waals surface area contributed by atoms with Gasteiger partial charge in [0.25, 0.3) is 5.91 Å². The number of aliphatic imine (C=N–C) groups is 1. The minimum atomic E-state index is -0.139. The molecule has 3 aromatic rings. The molecule has 3 aromatic carbocycles. The van der Waals surface area contributed by atoms with Gasteiger partial charge < -0.3 is 0 Å². The van der Waals surface area contributed by atoms with Gasteiger partial charge in [0.15, 0.2) is 0 Å². The molecule has 11 heteroatoms. The number of halogens is 8. The molecule has 0 radical (unpaired) electrons. The van der Waals surface area contributed by atoms with Crippen LogP contribution in [0.25, 0.3) is 10.8 Å². The third kappa shape index (κ3) is 2.90. The molecule has 146 valence electrons. The Balaban J connectivity index is 1.97. The molecule has 0 unspecified atom stereocenters. The molecule has 0 aromatic heterocycles. The van der Waals surface area contributed by atoms with Crippen LogP contribution in [0.5, 0.6) is 0 Å². The lowest BCUT2D eigenvalue weighted by molar-refractivity contribution is 0.101. The summed E-state index contributed by atoms with van der Waals surface area (Å²) in [5.41, 5.74) is 2.86. The molecule has 0 bridgehead atoms. The highest BCUT2D eigenvalue weighted by Gasteiger charge is 2.43. The SMILES string of the molecule is O=C1c2c(Br)c(Br)c(Br)c(Br)c2C2=Nc3cc(Br)c(Br)c4c(Br)c(Br)cc(c34)N12. The molecular formula is C18H2Br8N2O. The lowest BCUT2D eigenvalue weighted by Gasteiger charge is -2.26. The summed E-state index contributed by atoms with van der Waals surface area (Å²) in [5.74, 6) is 0.447. The second kappa shape index (κ2) is 7.46. The average Bonchev–Trinajstić information content (AvgIpc) is 2.97. The van der Waals surface area contributed by atoms with Gasteiger partial charge in [-0.2, -0.15) is 0 Å². The van der Waals surface area contributed by atoms with Crippen LogP contribution in [0.2, 0.25) is 0 Å². The monoisotopic (exact) mass is 893 g/mol. The van der Waals surface area contributed by atoms with Gasteiger partial charge in [0.1, 0.15) is 5.84 Å². The fourth-order valence-corrected chi connectivity index (χ4v) is 8.11. The normalized spacial score (nSPS) is 14.4. The number of amides is 1. The maximum atomic E-state index is 13.6. The molecule has 5 rings (SSSR count). The molecule has 2 aliphatic rings. The predicted octanol–water partition coefficient (Wildman–Crippen LogP) is 9.99. The van der Waals surface area contributed by atoms with Crippen molar-refractivity contribution in [2.45, 2.75) is 0 Å². The van der Waals surface area contributed by atoms with Crippen molar-refractivity contribution < 1.29 is 4.79 Å². The van der Waals surface area contributed by atoms with Crippen LogP contribution in [-0.2, 0) is 0 Å². The number of carbonyl (C=O) groups excluding carboxylic acids is 1. The summed E-state index contributed by atoms with van der Waals surface area (Å²) in [7, 11) is 0. The standard InChI is InChI=1S/C18H2Br8N2O/c19-3-1-5-7-6(2-4(20)12(22)8(7)11(3)21)28-17(27-5)9-10(18(28)29)14(24)16(26)15(25)13(9)23/h1-2H. The minimum absolute atomic E-state index is 0.139. The van der Waals surface area contributed by atoms with E-state index in [-0.39, 0.29) is 5.91 Å². The number of benzene rings is 3. The highest BCUT2D eigenvalue weighted by atomic mass is 79.9. The fraction of sp³-hybridized carbons (Fsp3) is 0. The molecule has 0 atom stereocenters. The lowest BCUT2D eigenvalue weighted by Crippen LogP contribution is -2.32. The first-order valence-electron chi connectivity index (χ1n) is 7.74. The van der Waals surface area contributed by atoms with Gasteiger partial charge in [0.2, 0.25) is 0 Å². The summed E-state index contributed by atoms with van der Waals surface area (Å²) in [5, 5.41) is 1.83. The van der Waals surface area contributed by atoms with Crippen molar-refractivity contribution in [2.75, 3.05) is 4.90 Å². The molecule has 0 spiro atoms. The zero-order valence-corrected chi connectivity index (χ0v) is 26.2. The Morgan fingerprint density at radius 2 is 1.21 bits per heavy atom. The summed E-state index contributed by atoms with van der Waals surface area (Å²) in [6.45, 7) is 0. The Morgan fingerprint density at radius 1 is 0.655 bits per heavy atom. The smallest absolute Gasteiger partial charge is 0.266 e. The predicted molar refractivity (Wildman–Crippen MR) is 145 cm³/mol. The third-order valence-electron chi connectivity index (χ3n) is 4.73. The zero-order chi connectivity index (χ0) is 20.9. The van der Waals surface area contributed by atoms with Gasteiger partial charge in [-0.3, -0.25) is 9.69 Å². The van der Waals surface area contributed by atoms with E-state index in [0.29, 0.717) is 15.9 Å². The molecule has 0 fully saturated rings. The van der Waals surface area contributed by atoms with Gasteiger partial charge in [0, 0.05) is 52.1 Å². The van der Waals surface area contributed by atoms with Crippen LogP contribution in [0.4, 0.5) is 11.4 Å². The van der Waals surface area contributed by atoms with Crippen LogP contribution < -0.4 is 4.90 Å². The van der Waals surface area contributed by atoms with E-state index < -0.39 is 0 Å². The molecule has 1 amide bonds. The molecule has 2 aliphatic heterocycles. The van der Waals surface area contributed by atoms with Crippen molar-refractivity contribution in [1.82, 2.24) is 0 Å². The van der Waals surface area contributed by atoms with Gasteiger partial charge in [-0.05, 0) is 140 Å². The lowest BCUT2D eigenvalue weighted by atomic mass is 10.0. The van der Waals surface area contributed by atoms with E-state index in [1.165, 1.54) is 0 Å². The van der Waals surface area contributed by atoms with Gasteiger partial charge in [-0.15, -0.1) is 0 Å². The summed E-state index contributed by atoms with van der Waals surface area (Å²) >= 11 is 28.9. The Kier molecular flexibility index (Phi) is 5.59. The Hall–Kier alpha value is 0.900. The first-order chi connectivity index (χ1) is 13.6. The minimum Gasteiger partial charge on any atom is -0.268 e. The van der Waals surface area contributed by atoms with E-state index in [9.17, 15) is 4.79 Å². The Labute approximate surface area is 232 Å². The van der Waals surface area contributed by atoms with Crippen LogP contribution in [0.15, 0.2) is 52.9 Å². The van der Waals surface area contributed by atoms with Gasteiger partial charge in [-0.1, -0.05) is 0 Å². The number of hydrogen-bond acceptors (Lipinski definition) is 2. The molecule has 3 nitrogen and oxygen atoms in total. The molecule has 2 heterocycles. The van der Waals surface area contributed by atoms with Crippen molar-refractivity contribution in [3.8, 4) is 0 Å².